The van der Waals surface area contributed by atoms with E-state index in [-0.39, 0.29) is 6.04 Å². The van der Waals surface area contributed by atoms with E-state index in [0.29, 0.717) is 12.5 Å². The topological polar surface area (TPSA) is 52.0 Å². The second-order valence-corrected chi connectivity index (χ2v) is 4.10. The second kappa shape index (κ2) is 4.11. The lowest BCUT2D eigenvalue weighted by Gasteiger charge is -2.29. The molecular weight excluding hydrogens is 172 g/mol. The highest BCUT2D eigenvalue weighted by atomic mass is 14.7. The van der Waals surface area contributed by atoms with Crippen molar-refractivity contribution in [3.05, 3.63) is 35.4 Å². The summed E-state index contributed by atoms with van der Waals surface area (Å²) in [5.74, 6) is 0.477. The number of nitrogens with two attached hydrogens (primary N) is 2. The summed E-state index contributed by atoms with van der Waals surface area (Å²) in [4.78, 5) is 0. The molecule has 2 rings (SSSR count). The number of rotatable bonds is 2. The summed E-state index contributed by atoms with van der Waals surface area (Å²) < 4.78 is 0. The first kappa shape index (κ1) is 9.69. The van der Waals surface area contributed by atoms with E-state index in [1.165, 1.54) is 30.4 Å². The van der Waals surface area contributed by atoms with Gasteiger partial charge in [-0.15, -0.1) is 0 Å². The van der Waals surface area contributed by atoms with Gasteiger partial charge in [-0.1, -0.05) is 24.3 Å². The molecule has 2 heteroatoms. The Morgan fingerprint density at radius 3 is 2.93 bits per heavy atom. The van der Waals surface area contributed by atoms with E-state index in [9.17, 15) is 0 Å². The molecule has 1 aliphatic carbocycles. The highest BCUT2D eigenvalue weighted by molar-refractivity contribution is 5.33. The summed E-state index contributed by atoms with van der Waals surface area (Å²) in [5, 5.41) is 0. The number of aryl methyl sites for hydroxylation is 1. The lowest BCUT2D eigenvalue weighted by atomic mass is 9.79. The highest BCUT2D eigenvalue weighted by Gasteiger charge is 2.23. The second-order valence-electron chi connectivity index (χ2n) is 4.10. The molecule has 0 fully saturated rings. The maximum Gasteiger partial charge on any atom is 0.0232 e. The molecule has 1 aliphatic rings. The van der Waals surface area contributed by atoms with E-state index in [4.69, 9.17) is 11.5 Å². The average molecular weight is 190 g/mol. The Balaban J connectivity index is 2.30. The van der Waals surface area contributed by atoms with Crippen molar-refractivity contribution >= 4 is 0 Å². The normalized spacial score (nSPS) is 22.9. The first-order valence-electron chi connectivity index (χ1n) is 5.36. The number of hydrogen-bond acceptors (Lipinski definition) is 2. The van der Waals surface area contributed by atoms with Gasteiger partial charge >= 0.3 is 0 Å². The average Bonchev–Trinajstić information content (AvgIpc) is 2.27. The third-order valence-corrected chi connectivity index (χ3v) is 3.20. The summed E-state index contributed by atoms with van der Waals surface area (Å²) in [6, 6.07) is 8.74. The molecule has 0 bridgehead atoms. The lowest BCUT2D eigenvalue weighted by Crippen LogP contribution is -2.37. The fourth-order valence-corrected chi connectivity index (χ4v) is 2.40. The van der Waals surface area contributed by atoms with Gasteiger partial charge in [0.2, 0.25) is 0 Å². The van der Waals surface area contributed by atoms with E-state index in [0.717, 1.165) is 0 Å². The molecule has 0 spiro atoms. The third kappa shape index (κ3) is 1.68. The van der Waals surface area contributed by atoms with Crippen LogP contribution in [-0.2, 0) is 6.42 Å². The van der Waals surface area contributed by atoms with E-state index in [1.807, 2.05) is 0 Å². The third-order valence-electron chi connectivity index (χ3n) is 3.20. The van der Waals surface area contributed by atoms with Gasteiger partial charge in [-0.05, 0) is 30.4 Å². The first-order valence-corrected chi connectivity index (χ1v) is 5.36. The number of benzene rings is 1. The van der Waals surface area contributed by atoms with Gasteiger partial charge in [0.15, 0.2) is 0 Å². The van der Waals surface area contributed by atoms with Gasteiger partial charge < -0.3 is 11.5 Å². The van der Waals surface area contributed by atoms with E-state index in [2.05, 4.69) is 24.3 Å². The fraction of sp³-hybridized carbons (Fsp3) is 0.500. The van der Waals surface area contributed by atoms with Crippen molar-refractivity contribution in [3.8, 4) is 0 Å². The van der Waals surface area contributed by atoms with Gasteiger partial charge in [0.05, 0.1) is 0 Å². The molecule has 2 nitrogen and oxygen atoms in total. The van der Waals surface area contributed by atoms with Gasteiger partial charge in [-0.25, -0.2) is 0 Å². The fourth-order valence-electron chi connectivity index (χ4n) is 2.40. The highest BCUT2D eigenvalue weighted by Crippen LogP contribution is 2.32. The zero-order valence-electron chi connectivity index (χ0n) is 8.45. The Morgan fingerprint density at radius 2 is 2.14 bits per heavy atom. The molecule has 0 saturated heterocycles. The van der Waals surface area contributed by atoms with Gasteiger partial charge in [0.1, 0.15) is 0 Å². The summed E-state index contributed by atoms with van der Waals surface area (Å²) in [6.07, 6.45) is 3.63. The van der Waals surface area contributed by atoms with Crippen molar-refractivity contribution in [2.24, 2.45) is 11.5 Å². The van der Waals surface area contributed by atoms with Crippen LogP contribution in [0.25, 0.3) is 0 Å². The van der Waals surface area contributed by atoms with Crippen LogP contribution in [0.4, 0.5) is 0 Å². The van der Waals surface area contributed by atoms with Crippen LogP contribution in [0.2, 0.25) is 0 Å². The van der Waals surface area contributed by atoms with Crippen LogP contribution >= 0.6 is 0 Å². The summed E-state index contributed by atoms with van der Waals surface area (Å²) >= 11 is 0. The molecule has 0 aromatic heterocycles. The summed E-state index contributed by atoms with van der Waals surface area (Å²) in [7, 11) is 0. The van der Waals surface area contributed by atoms with Gasteiger partial charge in [-0.3, -0.25) is 0 Å². The van der Waals surface area contributed by atoms with Crippen molar-refractivity contribution in [1.82, 2.24) is 0 Å². The molecule has 1 aromatic rings. The Kier molecular flexibility index (Phi) is 2.85. The van der Waals surface area contributed by atoms with Crippen molar-refractivity contribution in [2.45, 2.75) is 31.2 Å². The molecule has 0 aliphatic heterocycles. The smallest absolute Gasteiger partial charge is 0.0232 e. The van der Waals surface area contributed by atoms with Crippen LogP contribution in [0.5, 0.6) is 0 Å². The quantitative estimate of drug-likeness (QED) is 0.740. The lowest BCUT2D eigenvalue weighted by molar-refractivity contribution is 0.467. The molecule has 1 aromatic carbocycles. The maximum atomic E-state index is 6.04. The summed E-state index contributed by atoms with van der Waals surface area (Å²) in [5.41, 5.74) is 14.6. The van der Waals surface area contributed by atoms with Crippen LogP contribution in [0, 0.1) is 0 Å². The van der Waals surface area contributed by atoms with Crippen molar-refractivity contribution < 1.29 is 0 Å². The largest absolute Gasteiger partial charge is 0.329 e. The van der Waals surface area contributed by atoms with Gasteiger partial charge in [-0.2, -0.15) is 0 Å². The van der Waals surface area contributed by atoms with E-state index in [1.54, 1.807) is 0 Å². The molecule has 0 radical (unpaired) electrons. The van der Waals surface area contributed by atoms with Crippen molar-refractivity contribution in [3.63, 3.8) is 0 Å². The first-order chi connectivity index (χ1) is 6.83. The Bertz CT molecular complexity index is 309. The zero-order chi connectivity index (χ0) is 9.97. The molecule has 1 unspecified atom stereocenters. The molecule has 0 amide bonds. The zero-order valence-corrected chi connectivity index (χ0v) is 8.45. The minimum atomic E-state index is 0.122. The van der Waals surface area contributed by atoms with Crippen LogP contribution in [0.3, 0.4) is 0 Å². The monoisotopic (exact) mass is 190 g/mol. The van der Waals surface area contributed by atoms with Crippen molar-refractivity contribution in [1.29, 1.82) is 0 Å². The molecule has 4 N–H and O–H groups in total. The molecule has 2 atom stereocenters. The summed E-state index contributed by atoms with van der Waals surface area (Å²) in [6.45, 7) is 0.582. The minimum Gasteiger partial charge on any atom is -0.329 e. The number of fused-ring (bicyclic) bond motifs is 1. The minimum absolute atomic E-state index is 0.122. The number of hydrogen-bond donors (Lipinski definition) is 2. The standard InChI is InChI=1S/C12H18N2/c13-8-12(14)11-7-3-5-9-4-1-2-6-10(9)11/h1-2,4,6,11-12H,3,5,7-8,13-14H2/t11-,12?/m0/s1. The molecule has 0 saturated carbocycles. The SMILES string of the molecule is NCC(N)[C@H]1CCCc2ccccc21. The van der Waals surface area contributed by atoms with E-state index >= 15 is 0 Å². The van der Waals surface area contributed by atoms with E-state index < -0.39 is 0 Å². The van der Waals surface area contributed by atoms with Crippen LogP contribution in [0.15, 0.2) is 24.3 Å². The Hall–Kier alpha value is -0.860. The predicted molar refractivity (Wildman–Crippen MR) is 59.2 cm³/mol. The Morgan fingerprint density at radius 1 is 1.36 bits per heavy atom. The van der Waals surface area contributed by atoms with Crippen molar-refractivity contribution in [2.75, 3.05) is 6.54 Å². The Labute approximate surface area is 85.3 Å². The molecule has 0 heterocycles. The molecule has 14 heavy (non-hydrogen) atoms. The molecule has 76 valence electrons. The molecular formula is C12H18N2. The van der Waals surface area contributed by atoms with Gasteiger partial charge in [0, 0.05) is 18.5 Å². The predicted octanol–water partition coefficient (Wildman–Crippen LogP) is 1.39. The van der Waals surface area contributed by atoms with Crippen LogP contribution in [0.1, 0.15) is 29.9 Å². The van der Waals surface area contributed by atoms with Crippen LogP contribution < -0.4 is 11.5 Å². The van der Waals surface area contributed by atoms with Gasteiger partial charge in [0.25, 0.3) is 0 Å². The van der Waals surface area contributed by atoms with Crippen LogP contribution in [-0.4, -0.2) is 12.6 Å². The maximum absolute atomic E-state index is 6.04.